The summed E-state index contributed by atoms with van der Waals surface area (Å²) in [5.41, 5.74) is 2.34. The van der Waals surface area contributed by atoms with Crippen LogP contribution in [0.1, 0.15) is 18.2 Å². The molecule has 0 aliphatic rings. The molecule has 0 saturated heterocycles. The Balaban J connectivity index is 2.61. The molecule has 4 nitrogen and oxygen atoms in total. The highest BCUT2D eigenvalue weighted by Crippen LogP contribution is 2.16. The van der Waals surface area contributed by atoms with Crippen LogP contribution in [0.2, 0.25) is 0 Å². The van der Waals surface area contributed by atoms with Gasteiger partial charge in [0, 0.05) is 6.20 Å². The van der Waals surface area contributed by atoms with E-state index in [0.29, 0.717) is 22.4 Å². The van der Waals surface area contributed by atoms with Gasteiger partial charge in [-0.15, -0.1) is 0 Å². The van der Waals surface area contributed by atoms with Crippen LogP contribution in [0.15, 0.2) is 27.6 Å². The van der Waals surface area contributed by atoms with Gasteiger partial charge in [0.1, 0.15) is 10.2 Å². The predicted molar refractivity (Wildman–Crippen MR) is 69.9 cm³/mol. The summed E-state index contributed by atoms with van der Waals surface area (Å²) in [6, 6.07) is 3.80. The molecule has 2 aromatic rings. The normalized spacial score (nSPS) is 10.5. The van der Waals surface area contributed by atoms with Crippen LogP contribution in [0.3, 0.4) is 0 Å². The van der Waals surface area contributed by atoms with Crippen molar-refractivity contribution in [3.8, 4) is 11.5 Å². The number of H-pyrrole nitrogens is 1. The zero-order valence-corrected chi connectivity index (χ0v) is 11.2. The van der Waals surface area contributed by atoms with E-state index in [1.807, 2.05) is 26.0 Å². The van der Waals surface area contributed by atoms with E-state index in [1.165, 1.54) is 0 Å². The maximum atomic E-state index is 11.7. The summed E-state index contributed by atoms with van der Waals surface area (Å²) >= 11 is 3.23. The molecule has 88 valence electrons. The van der Waals surface area contributed by atoms with Gasteiger partial charge in [-0.2, -0.15) is 0 Å². The Labute approximate surface area is 107 Å². The second kappa shape index (κ2) is 4.79. The Morgan fingerprint density at radius 3 is 2.88 bits per heavy atom. The molecule has 0 fully saturated rings. The summed E-state index contributed by atoms with van der Waals surface area (Å²) in [6.45, 7) is 3.93. The number of aromatic amines is 1. The number of nitrogens with zero attached hydrogens (tertiary/aromatic N) is 2. The van der Waals surface area contributed by atoms with Crippen LogP contribution in [0.5, 0.6) is 0 Å². The first-order valence-electron chi connectivity index (χ1n) is 5.33. The van der Waals surface area contributed by atoms with Gasteiger partial charge in [0.2, 0.25) is 0 Å². The second-order valence-electron chi connectivity index (χ2n) is 3.75. The smallest absolute Gasteiger partial charge is 0.265 e. The van der Waals surface area contributed by atoms with Crippen molar-refractivity contribution in [2.45, 2.75) is 20.3 Å². The lowest BCUT2D eigenvalue weighted by molar-refractivity contribution is 0.963. The van der Waals surface area contributed by atoms with Gasteiger partial charge in [-0.25, -0.2) is 4.98 Å². The number of hydrogen-bond acceptors (Lipinski definition) is 3. The maximum Gasteiger partial charge on any atom is 0.265 e. The number of hydrogen-bond donors (Lipinski definition) is 1. The van der Waals surface area contributed by atoms with Gasteiger partial charge < -0.3 is 4.98 Å². The second-order valence-corrected chi connectivity index (χ2v) is 4.54. The molecule has 2 aromatic heterocycles. The number of nitrogens with one attached hydrogen (secondary N) is 1. The van der Waals surface area contributed by atoms with E-state index in [9.17, 15) is 4.79 Å². The van der Waals surface area contributed by atoms with Crippen LogP contribution < -0.4 is 5.56 Å². The lowest BCUT2D eigenvalue weighted by Crippen LogP contribution is -2.13. The lowest BCUT2D eigenvalue weighted by atomic mass is 10.2. The van der Waals surface area contributed by atoms with E-state index in [2.05, 4.69) is 30.9 Å². The van der Waals surface area contributed by atoms with Gasteiger partial charge in [-0.1, -0.05) is 6.92 Å². The fourth-order valence-corrected chi connectivity index (χ4v) is 1.99. The molecule has 0 aliphatic carbocycles. The third-order valence-electron chi connectivity index (χ3n) is 2.42. The summed E-state index contributed by atoms with van der Waals surface area (Å²) in [4.78, 5) is 23.0. The van der Waals surface area contributed by atoms with Gasteiger partial charge in [0.15, 0.2) is 5.82 Å². The van der Waals surface area contributed by atoms with Crippen molar-refractivity contribution in [2.24, 2.45) is 0 Å². The molecule has 0 bridgehead atoms. The molecule has 0 aromatic carbocycles. The molecule has 17 heavy (non-hydrogen) atoms. The zero-order valence-electron chi connectivity index (χ0n) is 9.62. The number of halogens is 1. The van der Waals surface area contributed by atoms with Crippen molar-refractivity contribution in [1.29, 1.82) is 0 Å². The molecule has 0 unspecified atom stereocenters. The third-order valence-corrected chi connectivity index (χ3v) is 3.24. The van der Waals surface area contributed by atoms with Crippen molar-refractivity contribution in [1.82, 2.24) is 15.0 Å². The summed E-state index contributed by atoms with van der Waals surface area (Å²) in [6.07, 6.45) is 2.40. The Hall–Kier alpha value is -1.49. The maximum absolute atomic E-state index is 11.7. The topological polar surface area (TPSA) is 58.6 Å². The molecular weight excluding hydrogens is 282 g/mol. The monoisotopic (exact) mass is 293 g/mol. The molecule has 2 rings (SSSR count). The molecule has 0 aliphatic heterocycles. The predicted octanol–water partition coefficient (Wildman–Crippen LogP) is 2.47. The summed E-state index contributed by atoms with van der Waals surface area (Å²) in [7, 11) is 0. The fraction of sp³-hybridized carbons (Fsp3) is 0.250. The Bertz CT molecular complexity index is 607. The van der Waals surface area contributed by atoms with Crippen LogP contribution in [-0.2, 0) is 6.42 Å². The van der Waals surface area contributed by atoms with Crippen molar-refractivity contribution in [2.75, 3.05) is 0 Å². The fourth-order valence-electron chi connectivity index (χ4n) is 1.53. The quantitative estimate of drug-likeness (QED) is 0.925. The minimum atomic E-state index is -0.171. The molecule has 2 heterocycles. The average Bonchev–Trinajstić information content (AvgIpc) is 2.32. The molecule has 1 N–H and O–H groups in total. The van der Waals surface area contributed by atoms with Gasteiger partial charge >= 0.3 is 0 Å². The lowest BCUT2D eigenvalue weighted by Gasteiger charge is -2.04. The number of rotatable bonds is 2. The number of aromatic nitrogens is 3. The first-order valence-corrected chi connectivity index (χ1v) is 6.13. The number of pyridine rings is 1. The van der Waals surface area contributed by atoms with Crippen LogP contribution >= 0.6 is 15.9 Å². The Morgan fingerprint density at radius 1 is 1.47 bits per heavy atom. The molecule has 0 spiro atoms. The van der Waals surface area contributed by atoms with E-state index in [-0.39, 0.29) is 5.56 Å². The van der Waals surface area contributed by atoms with E-state index in [1.54, 1.807) is 6.20 Å². The van der Waals surface area contributed by atoms with Gasteiger partial charge in [0.05, 0.1) is 5.69 Å². The van der Waals surface area contributed by atoms with Crippen molar-refractivity contribution in [3.05, 3.63) is 44.4 Å². The van der Waals surface area contributed by atoms with Crippen molar-refractivity contribution in [3.63, 3.8) is 0 Å². The Kier molecular flexibility index (Phi) is 3.38. The zero-order chi connectivity index (χ0) is 12.4. The molecule has 0 amide bonds. The highest BCUT2D eigenvalue weighted by atomic mass is 79.9. The highest BCUT2D eigenvalue weighted by Gasteiger charge is 2.09. The average molecular weight is 294 g/mol. The molecule has 5 heteroatoms. The SMILES string of the molecule is CCc1nc(-c2cc(C)ccn2)[nH]c(=O)c1Br. The molecule has 0 saturated carbocycles. The van der Waals surface area contributed by atoms with Crippen LogP contribution in [0.25, 0.3) is 11.5 Å². The number of aryl methyl sites for hydroxylation is 2. The van der Waals surface area contributed by atoms with Crippen LogP contribution in [0, 0.1) is 6.92 Å². The Morgan fingerprint density at radius 2 is 2.24 bits per heavy atom. The van der Waals surface area contributed by atoms with Crippen molar-refractivity contribution < 1.29 is 0 Å². The van der Waals surface area contributed by atoms with Gasteiger partial charge in [-0.05, 0) is 47.0 Å². The first-order chi connectivity index (χ1) is 8.11. The highest BCUT2D eigenvalue weighted by molar-refractivity contribution is 9.10. The third kappa shape index (κ3) is 2.44. The van der Waals surface area contributed by atoms with Gasteiger partial charge in [-0.3, -0.25) is 9.78 Å². The molecule has 0 radical (unpaired) electrons. The first kappa shape index (κ1) is 12.0. The standard InChI is InChI=1S/C12H12BrN3O/c1-3-8-10(13)12(17)16-11(15-8)9-6-7(2)4-5-14-9/h4-6H,3H2,1-2H3,(H,15,16,17). The van der Waals surface area contributed by atoms with Crippen LogP contribution in [-0.4, -0.2) is 15.0 Å². The van der Waals surface area contributed by atoms with E-state index in [4.69, 9.17) is 0 Å². The summed E-state index contributed by atoms with van der Waals surface area (Å²) < 4.78 is 0.497. The summed E-state index contributed by atoms with van der Waals surface area (Å²) in [5.74, 6) is 0.513. The summed E-state index contributed by atoms with van der Waals surface area (Å²) in [5, 5.41) is 0. The van der Waals surface area contributed by atoms with Crippen molar-refractivity contribution >= 4 is 15.9 Å². The van der Waals surface area contributed by atoms with E-state index < -0.39 is 0 Å². The van der Waals surface area contributed by atoms with Gasteiger partial charge in [0.25, 0.3) is 5.56 Å². The largest absolute Gasteiger partial charge is 0.304 e. The molecular formula is C12H12BrN3O. The van der Waals surface area contributed by atoms with E-state index >= 15 is 0 Å². The van der Waals surface area contributed by atoms with E-state index in [0.717, 1.165) is 11.3 Å². The minimum Gasteiger partial charge on any atom is -0.304 e. The van der Waals surface area contributed by atoms with Crippen LogP contribution in [0.4, 0.5) is 0 Å². The minimum absolute atomic E-state index is 0.171. The molecule has 0 atom stereocenters.